The molecule has 0 saturated carbocycles. The highest BCUT2D eigenvalue weighted by molar-refractivity contribution is 5.82. The predicted octanol–water partition coefficient (Wildman–Crippen LogP) is 0.992. The number of amides is 1. The Balaban J connectivity index is 2.41. The molecule has 0 aromatic heterocycles. The number of hydrogen-bond acceptors (Lipinski definition) is 3. The van der Waals surface area contributed by atoms with Crippen LogP contribution in [0.5, 0.6) is 0 Å². The molecule has 104 valence electrons. The molecule has 1 aliphatic heterocycles. The molecule has 1 amide bonds. The topological polar surface area (TPSA) is 78.4 Å². The van der Waals surface area contributed by atoms with Gasteiger partial charge in [0.05, 0.1) is 12.0 Å². The van der Waals surface area contributed by atoms with Crippen LogP contribution in [0.25, 0.3) is 0 Å². The van der Waals surface area contributed by atoms with Gasteiger partial charge in [-0.25, -0.2) is 0 Å². The highest BCUT2D eigenvalue weighted by Crippen LogP contribution is 2.15. The van der Waals surface area contributed by atoms with Gasteiger partial charge in [0.1, 0.15) is 0 Å². The summed E-state index contributed by atoms with van der Waals surface area (Å²) in [5.41, 5.74) is 0. The van der Waals surface area contributed by atoms with Gasteiger partial charge in [0, 0.05) is 6.54 Å². The van der Waals surface area contributed by atoms with Gasteiger partial charge in [-0.3, -0.25) is 9.59 Å². The summed E-state index contributed by atoms with van der Waals surface area (Å²) < 4.78 is 0. The average Bonchev–Trinajstić information content (AvgIpc) is 2.34. The van der Waals surface area contributed by atoms with Crippen LogP contribution in [-0.2, 0) is 9.59 Å². The Morgan fingerprint density at radius 3 is 2.78 bits per heavy atom. The van der Waals surface area contributed by atoms with Crippen LogP contribution in [-0.4, -0.2) is 36.1 Å². The molecule has 0 aromatic rings. The number of carboxylic acids is 1. The SMILES string of the molecule is CCCC(CNC(=O)C1NCCCC1C)C(=O)O. The largest absolute Gasteiger partial charge is 0.481 e. The molecule has 1 saturated heterocycles. The fourth-order valence-electron chi connectivity index (χ4n) is 2.40. The summed E-state index contributed by atoms with van der Waals surface area (Å²) in [5.74, 6) is -1.06. The van der Waals surface area contributed by atoms with E-state index in [0.717, 1.165) is 25.8 Å². The van der Waals surface area contributed by atoms with Gasteiger partial charge in [0.2, 0.25) is 5.91 Å². The van der Waals surface area contributed by atoms with Gasteiger partial charge >= 0.3 is 5.97 Å². The van der Waals surface area contributed by atoms with E-state index in [0.29, 0.717) is 12.3 Å². The molecule has 5 heteroatoms. The van der Waals surface area contributed by atoms with E-state index in [1.165, 1.54) is 0 Å². The number of aliphatic carboxylic acids is 1. The minimum absolute atomic E-state index is 0.0652. The first kappa shape index (κ1) is 15.0. The smallest absolute Gasteiger partial charge is 0.308 e. The number of carbonyl (C=O) groups is 2. The van der Waals surface area contributed by atoms with E-state index in [4.69, 9.17) is 5.11 Å². The molecule has 0 spiro atoms. The summed E-state index contributed by atoms with van der Waals surface area (Å²) in [6, 6.07) is -0.171. The van der Waals surface area contributed by atoms with Crippen LogP contribution >= 0.6 is 0 Å². The van der Waals surface area contributed by atoms with E-state index in [2.05, 4.69) is 17.6 Å². The maximum Gasteiger partial charge on any atom is 0.308 e. The van der Waals surface area contributed by atoms with Gasteiger partial charge in [-0.2, -0.15) is 0 Å². The molecule has 18 heavy (non-hydrogen) atoms. The fraction of sp³-hybridized carbons (Fsp3) is 0.846. The zero-order valence-corrected chi connectivity index (χ0v) is 11.2. The lowest BCUT2D eigenvalue weighted by Gasteiger charge is -2.29. The molecule has 1 fully saturated rings. The molecule has 0 bridgehead atoms. The van der Waals surface area contributed by atoms with Gasteiger partial charge < -0.3 is 15.7 Å². The van der Waals surface area contributed by atoms with Crippen molar-refractivity contribution < 1.29 is 14.7 Å². The second kappa shape index (κ2) is 7.36. The molecule has 1 aliphatic rings. The Labute approximate surface area is 108 Å². The van der Waals surface area contributed by atoms with Crippen molar-refractivity contribution in [3.63, 3.8) is 0 Å². The van der Waals surface area contributed by atoms with E-state index in [1.54, 1.807) is 0 Å². The predicted molar refractivity (Wildman–Crippen MR) is 69.2 cm³/mol. The Morgan fingerprint density at radius 1 is 1.50 bits per heavy atom. The van der Waals surface area contributed by atoms with Crippen LogP contribution in [0.2, 0.25) is 0 Å². The zero-order chi connectivity index (χ0) is 13.5. The summed E-state index contributed by atoms with van der Waals surface area (Å²) >= 11 is 0. The third-order valence-electron chi connectivity index (χ3n) is 3.56. The van der Waals surface area contributed by atoms with E-state index in [-0.39, 0.29) is 18.5 Å². The third kappa shape index (κ3) is 4.29. The summed E-state index contributed by atoms with van der Waals surface area (Å²) in [4.78, 5) is 22.9. The molecule has 3 unspecified atom stereocenters. The van der Waals surface area contributed by atoms with Gasteiger partial charge in [-0.15, -0.1) is 0 Å². The zero-order valence-electron chi connectivity index (χ0n) is 11.2. The number of hydrogen-bond donors (Lipinski definition) is 3. The standard InChI is InChI=1S/C13H24N2O3/c1-3-5-10(13(17)18)8-15-12(16)11-9(2)6-4-7-14-11/h9-11,14H,3-8H2,1-2H3,(H,15,16)(H,17,18). The van der Waals surface area contributed by atoms with Gasteiger partial charge in [-0.1, -0.05) is 20.3 Å². The van der Waals surface area contributed by atoms with E-state index in [9.17, 15) is 9.59 Å². The molecule has 3 N–H and O–H groups in total. The summed E-state index contributed by atoms with van der Waals surface area (Å²) in [5, 5.41) is 15.0. The van der Waals surface area contributed by atoms with Gasteiger partial charge in [0.15, 0.2) is 0 Å². The highest BCUT2D eigenvalue weighted by Gasteiger charge is 2.28. The second-order valence-corrected chi connectivity index (χ2v) is 5.12. The Morgan fingerprint density at radius 2 is 2.22 bits per heavy atom. The second-order valence-electron chi connectivity index (χ2n) is 5.12. The minimum atomic E-state index is -0.832. The lowest BCUT2D eigenvalue weighted by molar-refractivity contribution is -0.142. The van der Waals surface area contributed by atoms with Crippen LogP contribution in [0, 0.1) is 11.8 Å². The van der Waals surface area contributed by atoms with E-state index < -0.39 is 11.9 Å². The first-order valence-electron chi connectivity index (χ1n) is 6.80. The molecule has 0 aliphatic carbocycles. The number of rotatable bonds is 6. The number of piperidine rings is 1. The van der Waals surface area contributed by atoms with E-state index in [1.807, 2.05) is 6.92 Å². The van der Waals surface area contributed by atoms with Crippen molar-refractivity contribution in [2.45, 2.75) is 45.6 Å². The molecular formula is C13H24N2O3. The fourth-order valence-corrected chi connectivity index (χ4v) is 2.40. The number of carbonyl (C=O) groups excluding carboxylic acids is 1. The van der Waals surface area contributed by atoms with E-state index >= 15 is 0 Å². The summed E-state index contributed by atoms with van der Waals surface area (Å²) in [7, 11) is 0. The van der Waals surface area contributed by atoms with Crippen LogP contribution in [0.1, 0.15) is 39.5 Å². The van der Waals surface area contributed by atoms with Crippen molar-refractivity contribution in [1.82, 2.24) is 10.6 Å². The number of carboxylic acid groups (broad SMARTS) is 1. The van der Waals surface area contributed by atoms with Crippen LogP contribution in [0.3, 0.4) is 0 Å². The van der Waals surface area contributed by atoms with Crippen LogP contribution < -0.4 is 10.6 Å². The maximum atomic E-state index is 12.0. The van der Waals surface area contributed by atoms with Gasteiger partial charge in [0.25, 0.3) is 0 Å². The molecule has 1 rings (SSSR count). The van der Waals surface area contributed by atoms with Crippen molar-refractivity contribution in [2.24, 2.45) is 11.8 Å². The average molecular weight is 256 g/mol. The minimum Gasteiger partial charge on any atom is -0.481 e. The number of nitrogens with one attached hydrogen (secondary N) is 2. The maximum absolute atomic E-state index is 12.0. The third-order valence-corrected chi connectivity index (χ3v) is 3.56. The molecule has 5 nitrogen and oxygen atoms in total. The Kier molecular flexibility index (Phi) is 6.12. The van der Waals surface area contributed by atoms with Crippen molar-refractivity contribution in [2.75, 3.05) is 13.1 Å². The lowest BCUT2D eigenvalue weighted by atomic mass is 9.92. The molecule has 0 radical (unpaired) electrons. The Bertz CT molecular complexity index is 294. The molecule has 1 heterocycles. The van der Waals surface area contributed by atoms with Crippen molar-refractivity contribution >= 4 is 11.9 Å². The normalized spacial score (nSPS) is 25.4. The summed E-state index contributed by atoms with van der Waals surface area (Å²) in [6.45, 7) is 5.09. The van der Waals surface area contributed by atoms with Crippen LogP contribution in [0.4, 0.5) is 0 Å². The van der Waals surface area contributed by atoms with Crippen molar-refractivity contribution in [3.8, 4) is 0 Å². The lowest BCUT2D eigenvalue weighted by Crippen LogP contribution is -2.51. The van der Waals surface area contributed by atoms with Crippen molar-refractivity contribution in [3.05, 3.63) is 0 Å². The molecule has 3 atom stereocenters. The monoisotopic (exact) mass is 256 g/mol. The summed E-state index contributed by atoms with van der Waals surface area (Å²) in [6.07, 6.45) is 3.55. The highest BCUT2D eigenvalue weighted by atomic mass is 16.4. The molecular weight excluding hydrogens is 232 g/mol. The van der Waals surface area contributed by atoms with Crippen LogP contribution in [0.15, 0.2) is 0 Å². The first-order valence-corrected chi connectivity index (χ1v) is 6.80. The van der Waals surface area contributed by atoms with Gasteiger partial charge in [-0.05, 0) is 31.7 Å². The first-order chi connectivity index (χ1) is 8.56. The molecule has 0 aromatic carbocycles. The quantitative estimate of drug-likeness (QED) is 0.662. The van der Waals surface area contributed by atoms with Crippen molar-refractivity contribution in [1.29, 1.82) is 0 Å². The Hall–Kier alpha value is -1.10.